The molecule has 0 radical (unpaired) electrons. The van der Waals surface area contributed by atoms with Crippen LogP contribution in [0.15, 0.2) is 36.7 Å². The number of nitrogens with one attached hydrogen (secondary N) is 2. The number of aromatic nitrogens is 2. The molecule has 6 heteroatoms. The first kappa shape index (κ1) is 13.5. The number of urea groups is 1. The highest BCUT2D eigenvalue weighted by molar-refractivity contribution is 5.89. The van der Waals surface area contributed by atoms with Crippen LogP contribution in [0.3, 0.4) is 0 Å². The Balaban J connectivity index is 1.53. The molecule has 0 aliphatic heterocycles. The van der Waals surface area contributed by atoms with Gasteiger partial charge in [0.1, 0.15) is 12.1 Å². The zero-order valence-corrected chi connectivity index (χ0v) is 11.3. The number of amides is 2. The first-order valence-electron chi connectivity index (χ1n) is 6.82. The summed E-state index contributed by atoms with van der Waals surface area (Å²) in [7, 11) is 0. The summed E-state index contributed by atoms with van der Waals surface area (Å²) in [6.45, 7) is 0.329. The number of benzene rings is 1. The first-order chi connectivity index (χ1) is 10.2. The van der Waals surface area contributed by atoms with Gasteiger partial charge in [-0.3, -0.25) is 0 Å². The van der Waals surface area contributed by atoms with Crippen LogP contribution in [-0.2, 0) is 6.54 Å². The van der Waals surface area contributed by atoms with E-state index < -0.39 is 0 Å². The number of carbonyl (C=O) groups excluding carboxylic acids is 1. The van der Waals surface area contributed by atoms with E-state index in [1.54, 1.807) is 0 Å². The zero-order chi connectivity index (χ0) is 14.7. The molecule has 1 aromatic heterocycles. The van der Waals surface area contributed by atoms with E-state index >= 15 is 0 Å². The molecule has 5 nitrogen and oxygen atoms in total. The van der Waals surface area contributed by atoms with Gasteiger partial charge in [-0.05, 0) is 43.2 Å². The average molecular weight is 286 g/mol. The lowest BCUT2D eigenvalue weighted by molar-refractivity contribution is 0.251. The summed E-state index contributed by atoms with van der Waals surface area (Å²) in [5.41, 5.74) is 2.36. The van der Waals surface area contributed by atoms with E-state index in [0.29, 0.717) is 18.2 Å². The summed E-state index contributed by atoms with van der Waals surface area (Å²) in [4.78, 5) is 20.1. The van der Waals surface area contributed by atoms with Crippen molar-refractivity contribution in [3.63, 3.8) is 0 Å². The van der Waals surface area contributed by atoms with Gasteiger partial charge in [-0.2, -0.15) is 0 Å². The summed E-state index contributed by atoms with van der Waals surface area (Å²) in [5.74, 6) is 0.217. The molecule has 2 amide bonds. The molecule has 1 heterocycles. The third kappa shape index (κ3) is 3.75. The van der Waals surface area contributed by atoms with Crippen LogP contribution in [0.4, 0.5) is 14.9 Å². The highest BCUT2D eigenvalue weighted by Gasteiger charge is 2.25. The quantitative estimate of drug-likeness (QED) is 0.908. The van der Waals surface area contributed by atoms with Crippen LogP contribution in [0.5, 0.6) is 0 Å². The number of rotatable bonds is 4. The molecule has 1 aliphatic rings. The molecule has 0 unspecified atom stereocenters. The van der Waals surface area contributed by atoms with Gasteiger partial charge in [-0.1, -0.05) is 0 Å². The normalized spacial score (nSPS) is 13.8. The van der Waals surface area contributed by atoms with Crippen molar-refractivity contribution in [2.24, 2.45) is 0 Å². The molecule has 2 aromatic rings. The fourth-order valence-electron chi connectivity index (χ4n) is 1.99. The Labute approximate surface area is 121 Å². The maximum atomic E-state index is 12.8. The second kappa shape index (κ2) is 5.87. The Morgan fingerprint density at radius 1 is 1.24 bits per heavy atom. The molecule has 1 saturated carbocycles. The molecule has 21 heavy (non-hydrogen) atoms. The van der Waals surface area contributed by atoms with Crippen LogP contribution in [0.1, 0.15) is 30.1 Å². The number of nitrogens with zero attached hydrogens (tertiary/aromatic N) is 2. The summed E-state index contributed by atoms with van der Waals surface area (Å²) in [6, 6.07) is 7.17. The molecule has 0 spiro atoms. The molecule has 0 bridgehead atoms. The smallest absolute Gasteiger partial charge is 0.319 e. The van der Waals surface area contributed by atoms with Crippen LogP contribution >= 0.6 is 0 Å². The van der Waals surface area contributed by atoms with Crippen molar-refractivity contribution in [2.45, 2.75) is 25.3 Å². The fourth-order valence-corrected chi connectivity index (χ4v) is 1.99. The largest absolute Gasteiger partial charge is 0.332 e. The van der Waals surface area contributed by atoms with Gasteiger partial charge < -0.3 is 10.6 Å². The topological polar surface area (TPSA) is 66.9 Å². The summed E-state index contributed by atoms with van der Waals surface area (Å²) in [6.07, 6.45) is 3.88. The number of hydrogen-bond acceptors (Lipinski definition) is 3. The van der Waals surface area contributed by atoms with Crippen LogP contribution in [0.25, 0.3) is 0 Å². The Hall–Kier alpha value is -2.50. The SMILES string of the molecule is O=C(NCc1cc(C2CC2)ncn1)Nc1ccc(F)cc1. The highest BCUT2D eigenvalue weighted by atomic mass is 19.1. The molecule has 108 valence electrons. The van der Waals surface area contributed by atoms with Gasteiger partial charge in [0.2, 0.25) is 0 Å². The third-order valence-corrected chi connectivity index (χ3v) is 3.27. The minimum atomic E-state index is -0.354. The van der Waals surface area contributed by atoms with E-state index in [4.69, 9.17) is 0 Å². The van der Waals surface area contributed by atoms with Crippen molar-refractivity contribution in [3.05, 3.63) is 53.9 Å². The fraction of sp³-hybridized carbons (Fsp3) is 0.267. The van der Waals surface area contributed by atoms with Crippen LogP contribution in [-0.4, -0.2) is 16.0 Å². The van der Waals surface area contributed by atoms with Crippen molar-refractivity contribution >= 4 is 11.7 Å². The van der Waals surface area contributed by atoms with Crippen molar-refractivity contribution in [1.29, 1.82) is 0 Å². The predicted octanol–water partition coefficient (Wildman–Crippen LogP) is 2.81. The predicted molar refractivity (Wildman–Crippen MR) is 76.3 cm³/mol. The molecular weight excluding hydrogens is 271 g/mol. The van der Waals surface area contributed by atoms with Gasteiger partial charge in [0.25, 0.3) is 0 Å². The third-order valence-electron chi connectivity index (χ3n) is 3.27. The highest BCUT2D eigenvalue weighted by Crippen LogP contribution is 2.38. The monoisotopic (exact) mass is 286 g/mol. The molecule has 0 atom stereocenters. The van der Waals surface area contributed by atoms with Crippen LogP contribution < -0.4 is 10.6 Å². The molecular formula is C15H15FN4O. The number of carbonyl (C=O) groups is 1. The minimum Gasteiger partial charge on any atom is -0.332 e. The Bertz CT molecular complexity index is 640. The summed E-state index contributed by atoms with van der Waals surface area (Å²) < 4.78 is 12.8. The van der Waals surface area contributed by atoms with Crippen molar-refractivity contribution in [2.75, 3.05) is 5.32 Å². The lowest BCUT2D eigenvalue weighted by Crippen LogP contribution is -2.28. The minimum absolute atomic E-state index is 0.329. The second-order valence-electron chi connectivity index (χ2n) is 5.02. The molecule has 1 aromatic carbocycles. The summed E-state index contributed by atoms with van der Waals surface area (Å²) in [5, 5.41) is 5.34. The molecule has 0 saturated heterocycles. The second-order valence-corrected chi connectivity index (χ2v) is 5.02. The van der Waals surface area contributed by atoms with Gasteiger partial charge in [-0.15, -0.1) is 0 Å². The Morgan fingerprint density at radius 2 is 2.00 bits per heavy atom. The first-order valence-corrected chi connectivity index (χ1v) is 6.82. The van der Waals surface area contributed by atoms with E-state index in [-0.39, 0.29) is 11.8 Å². The van der Waals surface area contributed by atoms with Gasteiger partial charge >= 0.3 is 6.03 Å². The van der Waals surface area contributed by atoms with Crippen molar-refractivity contribution in [3.8, 4) is 0 Å². The average Bonchev–Trinajstić information content (AvgIpc) is 3.33. The molecule has 1 aliphatic carbocycles. The maximum absolute atomic E-state index is 12.8. The van der Waals surface area contributed by atoms with E-state index in [1.807, 2.05) is 6.07 Å². The van der Waals surface area contributed by atoms with Gasteiger partial charge in [0.15, 0.2) is 0 Å². The van der Waals surface area contributed by atoms with Gasteiger partial charge in [0.05, 0.1) is 12.2 Å². The zero-order valence-electron chi connectivity index (χ0n) is 11.3. The number of hydrogen-bond donors (Lipinski definition) is 2. The van der Waals surface area contributed by atoms with Crippen molar-refractivity contribution in [1.82, 2.24) is 15.3 Å². The standard InChI is InChI=1S/C15H15FN4O/c16-11-3-5-12(6-4-11)20-15(21)17-8-13-7-14(10-1-2-10)19-9-18-13/h3-7,9-10H,1-2,8H2,(H2,17,20,21). The Morgan fingerprint density at radius 3 is 2.71 bits per heavy atom. The molecule has 2 N–H and O–H groups in total. The van der Waals surface area contributed by atoms with Crippen LogP contribution in [0.2, 0.25) is 0 Å². The van der Waals surface area contributed by atoms with E-state index in [0.717, 1.165) is 11.4 Å². The number of halogens is 1. The van der Waals surface area contributed by atoms with Crippen molar-refractivity contribution < 1.29 is 9.18 Å². The van der Waals surface area contributed by atoms with Crippen LogP contribution in [0, 0.1) is 5.82 Å². The molecule has 1 fully saturated rings. The maximum Gasteiger partial charge on any atom is 0.319 e. The van der Waals surface area contributed by atoms with E-state index in [1.165, 1.54) is 43.4 Å². The van der Waals surface area contributed by atoms with Gasteiger partial charge in [0, 0.05) is 17.3 Å². The van der Waals surface area contributed by atoms with Gasteiger partial charge in [-0.25, -0.2) is 19.2 Å². The van der Waals surface area contributed by atoms with E-state index in [9.17, 15) is 9.18 Å². The summed E-state index contributed by atoms with van der Waals surface area (Å²) >= 11 is 0. The Kier molecular flexibility index (Phi) is 3.77. The number of anilines is 1. The van der Waals surface area contributed by atoms with E-state index in [2.05, 4.69) is 20.6 Å². The lowest BCUT2D eigenvalue weighted by atomic mass is 10.2. The lowest BCUT2D eigenvalue weighted by Gasteiger charge is -2.07. The molecule has 3 rings (SSSR count).